The van der Waals surface area contributed by atoms with E-state index in [1.165, 1.54) is 11.8 Å². The molecule has 3 aliphatic rings. The Balaban J connectivity index is 0.00000182. The molecule has 2 N–H and O–H groups in total. The number of nitrogens with zero attached hydrogens (tertiary/aromatic N) is 1. The predicted octanol–water partition coefficient (Wildman–Crippen LogP) is -3.74. The molecule has 3 atom stereocenters. The molecule has 0 aliphatic carbocycles. The van der Waals surface area contributed by atoms with Crippen LogP contribution in [0.1, 0.15) is 24.5 Å². The standard InChI is InChI=1S/C17H16N2O5.Na/c1-7(20)14-12-6-10(15(17(23)24)19(12)16(14)22)8-2-3-11-9(4-8)5-13(21)18-11;/h2-4,7,12,14,20H,5-6H2,1H3,(H,18,21)(H,23,24);/q;+1/p-1/t7-,12-,14+;/m1./s1. The van der Waals surface area contributed by atoms with Gasteiger partial charge in [-0.25, -0.2) is 0 Å². The van der Waals surface area contributed by atoms with Gasteiger partial charge in [-0.2, -0.15) is 0 Å². The van der Waals surface area contributed by atoms with Gasteiger partial charge in [0.1, 0.15) is 0 Å². The van der Waals surface area contributed by atoms with Gasteiger partial charge in [-0.1, -0.05) is 6.07 Å². The number of carbonyl (C=O) groups excluding carboxylic acids is 3. The number of amides is 2. The normalized spacial score (nSPS) is 25.0. The van der Waals surface area contributed by atoms with E-state index in [2.05, 4.69) is 5.32 Å². The average molecular weight is 350 g/mol. The third-order valence-electron chi connectivity index (χ3n) is 5.00. The molecule has 1 aromatic rings. The van der Waals surface area contributed by atoms with E-state index in [1.807, 2.05) is 0 Å². The maximum absolute atomic E-state index is 12.2. The number of aliphatic hydroxyl groups excluding tert-OH is 1. The number of benzene rings is 1. The third kappa shape index (κ3) is 2.62. The van der Waals surface area contributed by atoms with Crippen LogP contribution in [0.15, 0.2) is 23.9 Å². The molecule has 0 bridgehead atoms. The molecule has 1 saturated heterocycles. The van der Waals surface area contributed by atoms with Crippen molar-refractivity contribution in [2.45, 2.75) is 31.9 Å². The number of carboxylic acids is 1. The summed E-state index contributed by atoms with van der Waals surface area (Å²) in [5.41, 5.74) is 2.57. The van der Waals surface area contributed by atoms with Crippen molar-refractivity contribution >= 4 is 29.0 Å². The van der Waals surface area contributed by atoms with Crippen LogP contribution in [-0.2, 0) is 20.8 Å². The van der Waals surface area contributed by atoms with Gasteiger partial charge in [-0.3, -0.25) is 9.59 Å². The van der Waals surface area contributed by atoms with Crippen molar-refractivity contribution in [3.05, 3.63) is 35.0 Å². The third-order valence-corrected chi connectivity index (χ3v) is 5.00. The van der Waals surface area contributed by atoms with Crippen LogP contribution in [0, 0.1) is 5.92 Å². The smallest absolute Gasteiger partial charge is 0.543 e. The topological polar surface area (TPSA) is 110 Å². The van der Waals surface area contributed by atoms with Crippen LogP contribution in [0.2, 0.25) is 0 Å². The van der Waals surface area contributed by atoms with Gasteiger partial charge < -0.3 is 25.2 Å². The molecule has 3 heterocycles. The SMILES string of the molecule is C[C@@H](O)[C@@H]1C(=O)N2C(C(=O)[O-])=C(c3ccc4c(c3)CC(=O)N4)C[C@H]12.[Na+]. The zero-order valence-electron chi connectivity index (χ0n) is 13.9. The second kappa shape index (κ2) is 6.25. The Labute approximate surface area is 166 Å². The quantitative estimate of drug-likeness (QED) is 0.430. The van der Waals surface area contributed by atoms with Crippen LogP contribution < -0.4 is 40.0 Å². The van der Waals surface area contributed by atoms with Gasteiger partial charge in [0.2, 0.25) is 11.8 Å². The van der Waals surface area contributed by atoms with Gasteiger partial charge >= 0.3 is 29.6 Å². The van der Waals surface area contributed by atoms with Gasteiger partial charge in [0.25, 0.3) is 0 Å². The minimum absolute atomic E-state index is 0. The fourth-order valence-electron chi connectivity index (χ4n) is 3.93. The molecule has 4 rings (SSSR count). The summed E-state index contributed by atoms with van der Waals surface area (Å²) in [5.74, 6) is -2.48. The van der Waals surface area contributed by atoms with Gasteiger partial charge in [0.05, 0.1) is 36.2 Å². The van der Waals surface area contributed by atoms with E-state index in [0.717, 1.165) is 11.3 Å². The molecular formula is C17H15N2NaO5. The number of aliphatic carboxylic acids is 1. The summed E-state index contributed by atoms with van der Waals surface area (Å²) in [6.45, 7) is 1.53. The zero-order valence-corrected chi connectivity index (χ0v) is 15.9. The predicted molar refractivity (Wildman–Crippen MR) is 81.1 cm³/mol. The number of carbonyl (C=O) groups is 3. The Kier molecular flexibility index (Phi) is 4.53. The van der Waals surface area contributed by atoms with Crippen molar-refractivity contribution in [2.24, 2.45) is 5.92 Å². The summed E-state index contributed by atoms with van der Waals surface area (Å²) in [4.78, 5) is 36.5. The molecule has 0 radical (unpaired) electrons. The first kappa shape index (κ1) is 18.1. The van der Waals surface area contributed by atoms with Crippen LogP contribution in [0.3, 0.4) is 0 Å². The Bertz CT molecular complexity index is 832. The molecule has 0 unspecified atom stereocenters. The van der Waals surface area contributed by atoms with Crippen LogP contribution >= 0.6 is 0 Å². The maximum atomic E-state index is 12.2. The number of hydrogen-bond acceptors (Lipinski definition) is 5. The van der Waals surface area contributed by atoms with Crippen molar-refractivity contribution in [1.82, 2.24) is 4.90 Å². The molecule has 7 nitrogen and oxygen atoms in total. The zero-order chi connectivity index (χ0) is 17.2. The fourth-order valence-corrected chi connectivity index (χ4v) is 3.93. The molecule has 0 spiro atoms. The second-order valence-electron chi connectivity index (χ2n) is 6.46. The monoisotopic (exact) mass is 350 g/mol. The van der Waals surface area contributed by atoms with E-state index in [1.54, 1.807) is 18.2 Å². The van der Waals surface area contributed by atoms with E-state index < -0.39 is 18.0 Å². The summed E-state index contributed by atoms with van der Waals surface area (Å²) in [6, 6.07) is 4.89. The van der Waals surface area contributed by atoms with E-state index in [4.69, 9.17) is 0 Å². The van der Waals surface area contributed by atoms with Crippen molar-refractivity contribution in [2.75, 3.05) is 5.32 Å². The Morgan fingerprint density at radius 1 is 1.40 bits per heavy atom. The second-order valence-corrected chi connectivity index (χ2v) is 6.46. The molecule has 124 valence electrons. The van der Waals surface area contributed by atoms with E-state index in [-0.39, 0.29) is 59.5 Å². The first-order chi connectivity index (χ1) is 11.4. The van der Waals surface area contributed by atoms with Crippen molar-refractivity contribution in [3.8, 4) is 0 Å². The minimum atomic E-state index is -1.40. The molecule has 1 aromatic carbocycles. The number of β-lactam (4-membered cyclic amide) rings is 1. The summed E-state index contributed by atoms with van der Waals surface area (Å²) in [6.07, 6.45) is -0.229. The maximum Gasteiger partial charge on any atom is 1.00 e. The fraction of sp³-hybridized carbons (Fsp3) is 0.353. The van der Waals surface area contributed by atoms with E-state index in [9.17, 15) is 24.6 Å². The van der Waals surface area contributed by atoms with Gasteiger partial charge in [0, 0.05) is 5.69 Å². The first-order valence-corrected chi connectivity index (χ1v) is 7.77. The van der Waals surface area contributed by atoms with E-state index in [0.29, 0.717) is 17.6 Å². The molecule has 0 saturated carbocycles. The summed E-state index contributed by atoms with van der Waals surface area (Å²) in [7, 11) is 0. The van der Waals surface area contributed by atoms with Crippen molar-refractivity contribution in [3.63, 3.8) is 0 Å². The Morgan fingerprint density at radius 3 is 2.76 bits per heavy atom. The molecule has 8 heteroatoms. The van der Waals surface area contributed by atoms with Crippen LogP contribution in [0.5, 0.6) is 0 Å². The first-order valence-electron chi connectivity index (χ1n) is 7.77. The Hall–Kier alpha value is -1.67. The molecule has 0 aromatic heterocycles. The Morgan fingerprint density at radius 2 is 2.12 bits per heavy atom. The number of carboxylic acid groups (broad SMARTS) is 1. The van der Waals surface area contributed by atoms with Crippen LogP contribution in [-0.4, -0.2) is 39.9 Å². The molecular weight excluding hydrogens is 335 g/mol. The molecule has 1 fully saturated rings. The van der Waals surface area contributed by atoms with Gasteiger partial charge in [-0.15, -0.1) is 0 Å². The van der Waals surface area contributed by atoms with Crippen molar-refractivity contribution in [1.29, 1.82) is 0 Å². The van der Waals surface area contributed by atoms with Gasteiger partial charge in [-0.05, 0) is 42.2 Å². The number of anilines is 1. The largest absolute Gasteiger partial charge is 1.00 e. The summed E-state index contributed by atoms with van der Waals surface area (Å²) < 4.78 is 0. The number of hydrogen-bond donors (Lipinski definition) is 2. The molecule has 2 amide bonds. The van der Waals surface area contributed by atoms with Crippen LogP contribution in [0.4, 0.5) is 5.69 Å². The average Bonchev–Trinajstić information content (AvgIpc) is 3.02. The van der Waals surface area contributed by atoms with Crippen LogP contribution in [0.25, 0.3) is 5.57 Å². The van der Waals surface area contributed by atoms with Crippen molar-refractivity contribution < 1.29 is 54.2 Å². The summed E-state index contributed by atoms with van der Waals surface area (Å²) >= 11 is 0. The van der Waals surface area contributed by atoms with Gasteiger partial charge in [0.15, 0.2) is 0 Å². The molecule has 25 heavy (non-hydrogen) atoms. The number of aliphatic hydroxyl groups is 1. The number of nitrogens with one attached hydrogen (secondary N) is 1. The minimum Gasteiger partial charge on any atom is -0.543 e. The number of rotatable bonds is 3. The number of fused-ring (bicyclic) bond motifs is 2. The van der Waals surface area contributed by atoms with E-state index >= 15 is 0 Å². The molecule has 3 aliphatic heterocycles. The summed E-state index contributed by atoms with van der Waals surface area (Å²) in [5, 5.41) is 24.1.